The summed E-state index contributed by atoms with van der Waals surface area (Å²) in [5.74, 6) is -7.27. The first-order valence-electron chi connectivity index (χ1n) is 8.33. The monoisotopic (exact) mass is 419 g/mol. The Morgan fingerprint density at radius 3 is 1.72 bits per heavy atom. The van der Waals surface area contributed by atoms with Crippen molar-refractivity contribution >= 4 is 35.6 Å². The molecule has 0 aliphatic rings. The van der Waals surface area contributed by atoms with Crippen LogP contribution in [0.25, 0.3) is 0 Å². The van der Waals surface area contributed by atoms with E-state index in [1.165, 1.54) is 13.8 Å². The van der Waals surface area contributed by atoms with Crippen molar-refractivity contribution in [3.05, 3.63) is 0 Å². The standard InChI is InChI=1S/C15H25N5O9/c1-5(16)12(25)20-11(6(2)21)14(27)18-7(3-9(17)22)13(26)19-8(15(28)29)4-10(23)24/h5-8,11,21H,3-4,16H2,1-2H3,(H2,17,22)(H,18,27)(H,19,26)(H,20,25)(H,23,24)(H,28,29). The summed E-state index contributed by atoms with van der Waals surface area (Å²) in [5.41, 5.74) is 10.4. The minimum Gasteiger partial charge on any atom is -0.481 e. The van der Waals surface area contributed by atoms with Gasteiger partial charge in [-0.2, -0.15) is 0 Å². The van der Waals surface area contributed by atoms with Gasteiger partial charge in [0.1, 0.15) is 18.1 Å². The first-order valence-corrected chi connectivity index (χ1v) is 8.33. The first kappa shape index (κ1) is 25.7. The molecular weight excluding hydrogens is 394 g/mol. The largest absolute Gasteiger partial charge is 0.481 e. The van der Waals surface area contributed by atoms with Crippen LogP contribution in [0, 0.1) is 0 Å². The molecule has 164 valence electrons. The molecule has 0 aromatic carbocycles. The van der Waals surface area contributed by atoms with Gasteiger partial charge in [-0.3, -0.25) is 24.0 Å². The SMILES string of the molecule is CC(N)C(=O)NC(C(=O)NC(CC(N)=O)C(=O)NC(CC(=O)O)C(=O)O)C(C)O. The Hall–Kier alpha value is -3.26. The number of rotatable bonds is 12. The van der Waals surface area contributed by atoms with Gasteiger partial charge in [-0.1, -0.05) is 0 Å². The summed E-state index contributed by atoms with van der Waals surface area (Å²) in [6, 6.07) is -6.09. The van der Waals surface area contributed by atoms with Crippen LogP contribution in [0.4, 0.5) is 0 Å². The molecule has 0 heterocycles. The summed E-state index contributed by atoms with van der Waals surface area (Å²) in [7, 11) is 0. The molecule has 14 nitrogen and oxygen atoms in total. The summed E-state index contributed by atoms with van der Waals surface area (Å²) in [5, 5.41) is 33.5. The van der Waals surface area contributed by atoms with E-state index in [9.17, 15) is 33.9 Å². The fourth-order valence-electron chi connectivity index (χ4n) is 2.01. The molecule has 0 aromatic rings. The average molecular weight is 419 g/mol. The fraction of sp³-hybridized carbons (Fsp3) is 0.600. The third-order valence-electron chi connectivity index (χ3n) is 3.51. The Labute approximate surface area is 165 Å². The molecule has 29 heavy (non-hydrogen) atoms. The number of nitrogens with one attached hydrogen (secondary N) is 3. The average Bonchev–Trinajstić information content (AvgIpc) is 2.56. The van der Waals surface area contributed by atoms with Crippen molar-refractivity contribution in [2.75, 3.05) is 0 Å². The van der Waals surface area contributed by atoms with Crippen LogP contribution >= 0.6 is 0 Å². The van der Waals surface area contributed by atoms with Crippen molar-refractivity contribution in [3.63, 3.8) is 0 Å². The van der Waals surface area contributed by atoms with Gasteiger partial charge in [-0.05, 0) is 13.8 Å². The van der Waals surface area contributed by atoms with Crippen LogP contribution in [-0.2, 0) is 28.8 Å². The maximum Gasteiger partial charge on any atom is 0.326 e. The van der Waals surface area contributed by atoms with Gasteiger partial charge in [0.05, 0.1) is 25.0 Å². The quantitative estimate of drug-likeness (QED) is 0.151. The van der Waals surface area contributed by atoms with Gasteiger partial charge in [-0.15, -0.1) is 0 Å². The van der Waals surface area contributed by atoms with Crippen LogP contribution in [0.3, 0.4) is 0 Å². The second-order valence-electron chi connectivity index (χ2n) is 6.24. The van der Waals surface area contributed by atoms with Gasteiger partial charge < -0.3 is 42.7 Å². The van der Waals surface area contributed by atoms with Crippen molar-refractivity contribution in [2.24, 2.45) is 11.5 Å². The summed E-state index contributed by atoms with van der Waals surface area (Å²) in [6.45, 7) is 2.49. The number of amides is 4. The lowest BCUT2D eigenvalue weighted by molar-refractivity contribution is -0.147. The van der Waals surface area contributed by atoms with Crippen LogP contribution in [0.5, 0.6) is 0 Å². The molecule has 0 spiro atoms. The van der Waals surface area contributed by atoms with Gasteiger partial charge >= 0.3 is 11.9 Å². The van der Waals surface area contributed by atoms with Crippen LogP contribution in [0.2, 0.25) is 0 Å². The van der Waals surface area contributed by atoms with Gasteiger partial charge in [0.25, 0.3) is 0 Å². The Morgan fingerprint density at radius 1 is 0.828 bits per heavy atom. The Morgan fingerprint density at radius 2 is 1.34 bits per heavy atom. The van der Waals surface area contributed by atoms with Gasteiger partial charge in [-0.25, -0.2) is 4.79 Å². The number of aliphatic carboxylic acids is 2. The third-order valence-corrected chi connectivity index (χ3v) is 3.51. The zero-order valence-corrected chi connectivity index (χ0v) is 15.7. The number of nitrogens with two attached hydrogens (primary N) is 2. The Balaban J connectivity index is 5.43. The molecule has 0 saturated carbocycles. The number of carbonyl (C=O) groups excluding carboxylic acids is 4. The Kier molecular flexibility index (Phi) is 10.3. The molecule has 0 radical (unpaired) electrons. The second kappa shape index (κ2) is 11.6. The lowest BCUT2D eigenvalue weighted by Gasteiger charge is -2.25. The lowest BCUT2D eigenvalue weighted by Crippen LogP contribution is -2.60. The molecule has 0 fully saturated rings. The molecule has 5 unspecified atom stereocenters. The highest BCUT2D eigenvalue weighted by Crippen LogP contribution is 2.01. The summed E-state index contributed by atoms with van der Waals surface area (Å²) < 4.78 is 0. The molecule has 0 aliphatic carbocycles. The van der Waals surface area contributed by atoms with Crippen molar-refractivity contribution < 1.29 is 44.1 Å². The van der Waals surface area contributed by atoms with Crippen LogP contribution < -0.4 is 27.4 Å². The van der Waals surface area contributed by atoms with Crippen molar-refractivity contribution in [2.45, 2.75) is 57.0 Å². The highest BCUT2D eigenvalue weighted by Gasteiger charge is 2.33. The zero-order valence-electron chi connectivity index (χ0n) is 15.7. The van der Waals surface area contributed by atoms with Crippen LogP contribution in [0.1, 0.15) is 26.7 Å². The second-order valence-corrected chi connectivity index (χ2v) is 6.24. The maximum atomic E-state index is 12.4. The van der Waals surface area contributed by atoms with E-state index in [0.29, 0.717) is 0 Å². The van der Waals surface area contributed by atoms with E-state index in [1.54, 1.807) is 0 Å². The van der Waals surface area contributed by atoms with Crippen LogP contribution in [0.15, 0.2) is 0 Å². The number of aliphatic hydroxyl groups excluding tert-OH is 1. The van der Waals surface area contributed by atoms with Crippen LogP contribution in [-0.4, -0.2) is 81.2 Å². The molecule has 0 saturated heterocycles. The molecule has 0 aromatic heterocycles. The van der Waals surface area contributed by atoms with E-state index in [-0.39, 0.29) is 0 Å². The summed E-state index contributed by atoms with van der Waals surface area (Å²) >= 11 is 0. The summed E-state index contributed by atoms with van der Waals surface area (Å²) in [6.07, 6.45) is -3.14. The minimum atomic E-state index is -1.84. The summed E-state index contributed by atoms with van der Waals surface area (Å²) in [4.78, 5) is 69.3. The predicted molar refractivity (Wildman–Crippen MR) is 94.8 cm³/mol. The van der Waals surface area contributed by atoms with Crippen molar-refractivity contribution in [3.8, 4) is 0 Å². The predicted octanol–water partition coefficient (Wildman–Crippen LogP) is -4.40. The fourth-order valence-corrected chi connectivity index (χ4v) is 2.01. The molecule has 0 bridgehead atoms. The number of carboxylic acids is 2. The highest BCUT2D eigenvalue weighted by atomic mass is 16.4. The molecular formula is C15H25N5O9. The molecule has 0 aliphatic heterocycles. The molecule has 14 heteroatoms. The van der Waals surface area contributed by atoms with E-state index in [0.717, 1.165) is 0 Å². The smallest absolute Gasteiger partial charge is 0.326 e. The van der Waals surface area contributed by atoms with E-state index in [4.69, 9.17) is 21.7 Å². The first-order chi connectivity index (χ1) is 13.3. The van der Waals surface area contributed by atoms with Crippen molar-refractivity contribution in [1.29, 1.82) is 0 Å². The van der Waals surface area contributed by atoms with Gasteiger partial charge in [0.2, 0.25) is 23.6 Å². The maximum absolute atomic E-state index is 12.4. The zero-order chi connectivity index (χ0) is 22.9. The van der Waals surface area contributed by atoms with E-state index >= 15 is 0 Å². The molecule has 4 amide bonds. The third kappa shape index (κ3) is 9.48. The number of aliphatic hydroxyl groups is 1. The lowest BCUT2D eigenvalue weighted by atomic mass is 10.1. The topological polar surface area (TPSA) is 251 Å². The van der Waals surface area contributed by atoms with Crippen molar-refractivity contribution in [1.82, 2.24) is 16.0 Å². The number of carbonyl (C=O) groups is 6. The van der Waals surface area contributed by atoms with Gasteiger partial charge in [0, 0.05) is 0 Å². The highest BCUT2D eigenvalue weighted by molar-refractivity contribution is 5.96. The van der Waals surface area contributed by atoms with E-state index in [1.807, 2.05) is 5.32 Å². The number of carboxylic acid groups (broad SMARTS) is 2. The molecule has 0 rings (SSSR count). The number of hydrogen-bond acceptors (Lipinski definition) is 8. The number of hydrogen-bond donors (Lipinski definition) is 8. The minimum absolute atomic E-state index is 0.759. The molecule has 10 N–H and O–H groups in total. The molecule has 5 atom stereocenters. The Bertz CT molecular complexity index is 665. The van der Waals surface area contributed by atoms with E-state index in [2.05, 4.69) is 10.6 Å². The van der Waals surface area contributed by atoms with E-state index < -0.39 is 78.7 Å². The normalized spacial score (nSPS) is 15.7. The van der Waals surface area contributed by atoms with Gasteiger partial charge in [0.15, 0.2) is 0 Å². The number of primary amides is 1.